The van der Waals surface area contributed by atoms with Gasteiger partial charge in [-0.1, -0.05) is 18.9 Å². The van der Waals surface area contributed by atoms with E-state index < -0.39 is 0 Å². The second kappa shape index (κ2) is 6.90. The van der Waals surface area contributed by atoms with Crippen LogP contribution in [-0.4, -0.2) is 44.7 Å². The highest BCUT2D eigenvalue weighted by Gasteiger charge is 2.36. The molecule has 2 aromatic heterocycles. The van der Waals surface area contributed by atoms with Gasteiger partial charge in [-0.15, -0.1) is 5.10 Å². The van der Waals surface area contributed by atoms with Crippen molar-refractivity contribution in [2.24, 2.45) is 11.8 Å². The van der Waals surface area contributed by atoms with E-state index >= 15 is 0 Å². The predicted octanol–water partition coefficient (Wildman–Crippen LogP) is 1.72. The third-order valence-corrected chi connectivity index (χ3v) is 5.57. The predicted molar refractivity (Wildman–Crippen MR) is 94.5 cm³/mol. The third-order valence-electron chi connectivity index (χ3n) is 5.57. The Bertz CT molecular complexity index is 797. The molecule has 7 nitrogen and oxygen atoms in total. The fraction of sp³-hybridized carbons (Fsp3) is 0.611. The van der Waals surface area contributed by atoms with Crippen LogP contribution in [0.1, 0.15) is 32.1 Å². The Kier molecular flexibility index (Phi) is 4.46. The van der Waals surface area contributed by atoms with Gasteiger partial charge >= 0.3 is 11.7 Å². The Morgan fingerprint density at radius 2 is 1.96 bits per heavy atom. The van der Waals surface area contributed by atoms with Gasteiger partial charge in [-0.25, -0.2) is 14.3 Å². The molecule has 7 heteroatoms. The standard InChI is InChI=1S/C18H25N5O2/c24-17(21-12-14-6-1-2-7-15(14)13-21)19-9-5-11-23-18(25)22-10-4-3-8-16(22)20-23/h3-4,8,10,14-15H,1-2,5-7,9,11-13H2,(H,19,24)/t14-,15+. The van der Waals surface area contributed by atoms with Crippen LogP contribution in [0.3, 0.4) is 0 Å². The van der Waals surface area contributed by atoms with Gasteiger partial charge in [0, 0.05) is 32.4 Å². The van der Waals surface area contributed by atoms with Crippen LogP contribution in [0.5, 0.6) is 0 Å². The quantitative estimate of drug-likeness (QED) is 0.859. The molecule has 1 saturated heterocycles. The summed E-state index contributed by atoms with van der Waals surface area (Å²) in [5.74, 6) is 1.41. The van der Waals surface area contributed by atoms with E-state index in [-0.39, 0.29) is 11.7 Å². The molecular formula is C18H25N5O2. The molecule has 0 aromatic carbocycles. The molecule has 1 aliphatic heterocycles. The molecule has 134 valence electrons. The van der Waals surface area contributed by atoms with Crippen molar-refractivity contribution in [2.45, 2.75) is 38.6 Å². The first kappa shape index (κ1) is 16.2. The van der Waals surface area contributed by atoms with Crippen molar-refractivity contribution in [3.05, 3.63) is 34.9 Å². The summed E-state index contributed by atoms with van der Waals surface area (Å²) >= 11 is 0. The number of rotatable bonds is 4. The molecule has 2 fully saturated rings. The van der Waals surface area contributed by atoms with Gasteiger partial charge in [-0.2, -0.15) is 0 Å². The van der Waals surface area contributed by atoms with E-state index in [9.17, 15) is 9.59 Å². The highest BCUT2D eigenvalue weighted by Crippen LogP contribution is 2.35. The molecule has 3 heterocycles. The van der Waals surface area contributed by atoms with Crippen LogP contribution < -0.4 is 11.0 Å². The monoisotopic (exact) mass is 343 g/mol. The van der Waals surface area contributed by atoms with Crippen molar-refractivity contribution in [3.8, 4) is 0 Å². The summed E-state index contributed by atoms with van der Waals surface area (Å²) in [6.07, 6.45) is 7.57. The van der Waals surface area contributed by atoms with Crippen LogP contribution in [-0.2, 0) is 6.54 Å². The van der Waals surface area contributed by atoms with E-state index in [1.54, 1.807) is 6.20 Å². The van der Waals surface area contributed by atoms with Gasteiger partial charge in [-0.3, -0.25) is 4.40 Å². The van der Waals surface area contributed by atoms with Gasteiger partial charge in [0.2, 0.25) is 0 Å². The minimum absolute atomic E-state index is 0.0387. The zero-order chi connectivity index (χ0) is 17.2. The number of amides is 2. The first-order valence-electron chi connectivity index (χ1n) is 9.29. The largest absolute Gasteiger partial charge is 0.350 e. The molecule has 25 heavy (non-hydrogen) atoms. The van der Waals surface area contributed by atoms with Gasteiger partial charge < -0.3 is 10.2 Å². The van der Waals surface area contributed by atoms with Gasteiger partial charge in [0.05, 0.1) is 0 Å². The molecule has 2 aromatic rings. The molecule has 0 spiro atoms. The Morgan fingerprint density at radius 1 is 1.20 bits per heavy atom. The summed E-state index contributed by atoms with van der Waals surface area (Å²) in [6, 6.07) is 5.53. The van der Waals surface area contributed by atoms with E-state index in [2.05, 4.69) is 10.4 Å². The normalized spacial score (nSPS) is 23.0. The zero-order valence-electron chi connectivity index (χ0n) is 14.4. The lowest BCUT2D eigenvalue weighted by molar-refractivity contribution is 0.206. The highest BCUT2D eigenvalue weighted by molar-refractivity contribution is 5.74. The molecule has 4 rings (SSSR count). The summed E-state index contributed by atoms with van der Waals surface area (Å²) in [6.45, 7) is 2.88. The average Bonchev–Trinajstić information content (AvgIpc) is 3.20. The molecule has 0 unspecified atom stereocenters. The number of carbonyl (C=O) groups excluding carboxylic acids is 1. The summed E-state index contributed by atoms with van der Waals surface area (Å²) < 4.78 is 3.00. The topological polar surface area (TPSA) is 71.6 Å². The molecule has 1 N–H and O–H groups in total. The average molecular weight is 343 g/mol. The van der Waals surface area contributed by atoms with Gasteiger partial charge in [0.15, 0.2) is 5.65 Å². The summed E-state index contributed by atoms with van der Waals surface area (Å²) in [7, 11) is 0. The van der Waals surface area contributed by atoms with Crippen LogP contribution in [0.2, 0.25) is 0 Å². The minimum atomic E-state index is -0.134. The number of carbonyl (C=O) groups is 1. The number of likely N-dealkylation sites (tertiary alicyclic amines) is 1. The van der Waals surface area contributed by atoms with Crippen LogP contribution in [0.25, 0.3) is 5.65 Å². The number of nitrogens with zero attached hydrogens (tertiary/aromatic N) is 4. The van der Waals surface area contributed by atoms with Crippen molar-refractivity contribution in [2.75, 3.05) is 19.6 Å². The Balaban J connectivity index is 1.26. The van der Waals surface area contributed by atoms with E-state index in [0.29, 0.717) is 37.0 Å². The smallest absolute Gasteiger partial charge is 0.338 e. The van der Waals surface area contributed by atoms with Gasteiger partial charge in [-0.05, 0) is 43.2 Å². The molecule has 2 aliphatic rings. The summed E-state index contributed by atoms with van der Waals surface area (Å²) in [5.41, 5.74) is 0.516. The van der Waals surface area contributed by atoms with Crippen LogP contribution in [0, 0.1) is 11.8 Å². The van der Waals surface area contributed by atoms with Crippen LogP contribution in [0.4, 0.5) is 4.79 Å². The van der Waals surface area contributed by atoms with Crippen molar-refractivity contribution >= 4 is 11.7 Å². The molecule has 2 atom stereocenters. The fourth-order valence-electron chi connectivity index (χ4n) is 4.22. The Labute approximate surface area is 146 Å². The lowest BCUT2D eigenvalue weighted by atomic mass is 9.82. The van der Waals surface area contributed by atoms with E-state index in [0.717, 1.165) is 13.1 Å². The maximum atomic E-state index is 12.3. The number of aromatic nitrogens is 3. The van der Waals surface area contributed by atoms with Crippen molar-refractivity contribution in [1.29, 1.82) is 0 Å². The summed E-state index contributed by atoms with van der Waals surface area (Å²) in [4.78, 5) is 26.5. The number of urea groups is 1. The maximum Gasteiger partial charge on any atom is 0.350 e. The third kappa shape index (κ3) is 3.27. The number of hydrogen-bond donors (Lipinski definition) is 1. The molecule has 2 amide bonds. The number of pyridine rings is 1. The second-order valence-corrected chi connectivity index (χ2v) is 7.23. The molecular weight excluding hydrogens is 318 g/mol. The SMILES string of the molecule is O=C(NCCCn1nc2ccccn2c1=O)N1C[C@H]2CCCC[C@H]2C1. The summed E-state index contributed by atoms with van der Waals surface area (Å²) in [5, 5.41) is 7.29. The van der Waals surface area contributed by atoms with Crippen molar-refractivity contribution in [1.82, 2.24) is 24.4 Å². The van der Waals surface area contributed by atoms with Gasteiger partial charge in [0.25, 0.3) is 0 Å². The van der Waals surface area contributed by atoms with E-state index in [1.807, 2.05) is 23.1 Å². The molecule has 1 saturated carbocycles. The number of nitrogens with one attached hydrogen (secondary N) is 1. The maximum absolute atomic E-state index is 12.3. The van der Waals surface area contributed by atoms with E-state index in [1.165, 1.54) is 34.8 Å². The molecule has 0 radical (unpaired) electrons. The zero-order valence-corrected chi connectivity index (χ0v) is 14.4. The number of fused-ring (bicyclic) bond motifs is 2. The second-order valence-electron chi connectivity index (χ2n) is 7.23. The first-order chi connectivity index (χ1) is 12.2. The van der Waals surface area contributed by atoms with Gasteiger partial charge in [0.1, 0.15) is 0 Å². The Morgan fingerprint density at radius 3 is 2.68 bits per heavy atom. The van der Waals surface area contributed by atoms with Crippen LogP contribution >= 0.6 is 0 Å². The Hall–Kier alpha value is -2.31. The minimum Gasteiger partial charge on any atom is -0.338 e. The lowest BCUT2D eigenvalue weighted by Gasteiger charge is -2.22. The van der Waals surface area contributed by atoms with E-state index in [4.69, 9.17) is 0 Å². The number of hydrogen-bond acceptors (Lipinski definition) is 3. The first-order valence-corrected chi connectivity index (χ1v) is 9.29. The van der Waals surface area contributed by atoms with Crippen molar-refractivity contribution < 1.29 is 4.79 Å². The fourth-order valence-corrected chi connectivity index (χ4v) is 4.22. The van der Waals surface area contributed by atoms with Crippen molar-refractivity contribution in [3.63, 3.8) is 0 Å². The lowest BCUT2D eigenvalue weighted by Crippen LogP contribution is -2.39. The molecule has 0 bridgehead atoms. The number of aryl methyl sites for hydroxylation is 1. The highest BCUT2D eigenvalue weighted by atomic mass is 16.2. The molecule has 1 aliphatic carbocycles. The van der Waals surface area contributed by atoms with Crippen LogP contribution in [0.15, 0.2) is 29.2 Å².